The summed E-state index contributed by atoms with van der Waals surface area (Å²) in [6.45, 7) is 0.324. The van der Waals surface area contributed by atoms with E-state index in [4.69, 9.17) is 0 Å². The van der Waals surface area contributed by atoms with Crippen LogP contribution in [0.3, 0.4) is 0 Å². The number of ether oxygens (including phenoxy) is 1. The number of benzene rings is 1. The number of hydrogen-bond acceptors (Lipinski definition) is 4. The second kappa shape index (κ2) is 3.84. The van der Waals surface area contributed by atoms with E-state index in [0.717, 1.165) is 5.69 Å². The highest BCUT2D eigenvalue weighted by atomic mass is 16.5. The van der Waals surface area contributed by atoms with Gasteiger partial charge >= 0.3 is 5.97 Å². The Morgan fingerprint density at radius 2 is 2.25 bits per heavy atom. The highest BCUT2D eigenvalue weighted by Gasteiger charge is 2.20. The topological polar surface area (TPSA) is 58.6 Å². The number of nitrogens with zero attached hydrogens (tertiary/aromatic N) is 1. The van der Waals surface area contributed by atoms with Gasteiger partial charge in [0.25, 0.3) is 0 Å². The van der Waals surface area contributed by atoms with Crippen LogP contribution in [-0.4, -0.2) is 32.6 Å². The normalized spacial score (nSPS) is 14.1. The van der Waals surface area contributed by atoms with Crippen molar-refractivity contribution in [1.82, 2.24) is 0 Å². The van der Waals surface area contributed by atoms with E-state index in [1.807, 2.05) is 11.9 Å². The zero-order chi connectivity index (χ0) is 11.7. The van der Waals surface area contributed by atoms with Gasteiger partial charge in [-0.1, -0.05) is 0 Å². The van der Waals surface area contributed by atoms with Gasteiger partial charge in [0.2, 0.25) is 5.91 Å². The molecule has 1 amide bonds. The summed E-state index contributed by atoms with van der Waals surface area (Å²) in [5, 5.41) is 2.72. The van der Waals surface area contributed by atoms with Crippen molar-refractivity contribution in [3.8, 4) is 0 Å². The van der Waals surface area contributed by atoms with Crippen molar-refractivity contribution in [2.75, 3.05) is 30.9 Å². The lowest BCUT2D eigenvalue weighted by Crippen LogP contribution is -2.35. The molecule has 1 aliphatic heterocycles. The van der Waals surface area contributed by atoms with Crippen molar-refractivity contribution < 1.29 is 14.3 Å². The molecule has 0 saturated heterocycles. The average Bonchev–Trinajstić information content (AvgIpc) is 2.27. The number of methoxy groups -OCH3 is 1. The fourth-order valence-corrected chi connectivity index (χ4v) is 1.70. The molecule has 1 heterocycles. The largest absolute Gasteiger partial charge is 0.465 e. The Labute approximate surface area is 93.0 Å². The van der Waals surface area contributed by atoms with Crippen LogP contribution >= 0.6 is 0 Å². The summed E-state index contributed by atoms with van der Waals surface area (Å²) in [5.74, 6) is -0.498. The van der Waals surface area contributed by atoms with Crippen molar-refractivity contribution in [3.63, 3.8) is 0 Å². The number of carbonyl (C=O) groups is 2. The summed E-state index contributed by atoms with van der Waals surface area (Å²) < 4.78 is 4.62. The molecule has 0 aliphatic carbocycles. The van der Waals surface area contributed by atoms with Gasteiger partial charge < -0.3 is 15.0 Å². The van der Waals surface area contributed by atoms with Gasteiger partial charge in [-0.05, 0) is 18.2 Å². The first kappa shape index (κ1) is 10.5. The Morgan fingerprint density at radius 3 is 2.94 bits per heavy atom. The average molecular weight is 220 g/mol. The van der Waals surface area contributed by atoms with Crippen LogP contribution in [0.2, 0.25) is 0 Å². The SMILES string of the molecule is COC(=O)c1ccc2c(c1)NC(=O)CN2C. The molecule has 1 N–H and O–H groups in total. The lowest BCUT2D eigenvalue weighted by atomic mass is 10.1. The maximum atomic E-state index is 11.3. The summed E-state index contributed by atoms with van der Waals surface area (Å²) >= 11 is 0. The second-order valence-electron chi connectivity index (χ2n) is 3.63. The fraction of sp³-hybridized carbons (Fsp3) is 0.273. The third kappa shape index (κ3) is 1.71. The molecule has 5 heteroatoms. The third-order valence-electron chi connectivity index (χ3n) is 2.48. The van der Waals surface area contributed by atoms with Crippen molar-refractivity contribution in [3.05, 3.63) is 23.8 Å². The molecule has 0 bridgehead atoms. The van der Waals surface area contributed by atoms with Crippen LogP contribution in [0.4, 0.5) is 11.4 Å². The van der Waals surface area contributed by atoms with Crippen LogP contribution in [0.1, 0.15) is 10.4 Å². The fourth-order valence-electron chi connectivity index (χ4n) is 1.70. The van der Waals surface area contributed by atoms with Crippen LogP contribution in [-0.2, 0) is 9.53 Å². The van der Waals surface area contributed by atoms with Gasteiger partial charge in [-0.15, -0.1) is 0 Å². The molecule has 0 radical (unpaired) electrons. The molecule has 0 aromatic heterocycles. The summed E-state index contributed by atoms with van der Waals surface area (Å²) in [6.07, 6.45) is 0. The molecule has 5 nitrogen and oxygen atoms in total. The van der Waals surface area contributed by atoms with Gasteiger partial charge in [0.15, 0.2) is 0 Å². The van der Waals surface area contributed by atoms with Gasteiger partial charge in [-0.25, -0.2) is 4.79 Å². The number of fused-ring (bicyclic) bond motifs is 1. The van der Waals surface area contributed by atoms with E-state index in [1.54, 1.807) is 18.2 Å². The van der Waals surface area contributed by atoms with Gasteiger partial charge in [-0.3, -0.25) is 4.79 Å². The first-order chi connectivity index (χ1) is 7.61. The lowest BCUT2D eigenvalue weighted by molar-refractivity contribution is -0.115. The molecule has 0 unspecified atom stereocenters. The van der Waals surface area contributed by atoms with E-state index < -0.39 is 5.97 Å². The van der Waals surface area contributed by atoms with Gasteiger partial charge in [0, 0.05) is 7.05 Å². The molecule has 0 saturated carbocycles. The molecule has 1 aliphatic rings. The maximum Gasteiger partial charge on any atom is 0.337 e. The van der Waals surface area contributed by atoms with Crippen molar-refractivity contribution in [2.45, 2.75) is 0 Å². The summed E-state index contributed by atoms with van der Waals surface area (Å²) in [6, 6.07) is 5.09. The van der Waals surface area contributed by atoms with Crippen LogP contribution < -0.4 is 10.2 Å². The van der Waals surface area contributed by atoms with E-state index in [2.05, 4.69) is 10.1 Å². The molecule has 0 fully saturated rings. The number of likely N-dealkylation sites (N-methyl/N-ethyl adjacent to an activating group) is 1. The highest BCUT2D eigenvalue weighted by Crippen LogP contribution is 2.29. The Hall–Kier alpha value is -2.04. The number of esters is 1. The minimum absolute atomic E-state index is 0.0861. The standard InChI is InChI=1S/C11H12N2O3/c1-13-6-10(14)12-8-5-7(11(15)16-2)3-4-9(8)13/h3-5H,6H2,1-2H3,(H,12,14). The minimum Gasteiger partial charge on any atom is -0.465 e. The first-order valence-electron chi connectivity index (χ1n) is 4.85. The van der Waals surface area contributed by atoms with Crippen molar-refractivity contribution in [1.29, 1.82) is 0 Å². The van der Waals surface area contributed by atoms with Gasteiger partial charge in [0.1, 0.15) is 0 Å². The van der Waals surface area contributed by atoms with E-state index in [1.165, 1.54) is 7.11 Å². The zero-order valence-electron chi connectivity index (χ0n) is 9.11. The molecule has 1 aromatic carbocycles. The molecular formula is C11H12N2O3. The van der Waals surface area contributed by atoms with Crippen LogP contribution in [0.15, 0.2) is 18.2 Å². The quantitative estimate of drug-likeness (QED) is 0.713. The third-order valence-corrected chi connectivity index (χ3v) is 2.48. The smallest absolute Gasteiger partial charge is 0.337 e. The monoisotopic (exact) mass is 220 g/mol. The predicted molar refractivity (Wildman–Crippen MR) is 59.7 cm³/mol. The van der Waals surface area contributed by atoms with E-state index in [0.29, 0.717) is 17.8 Å². The zero-order valence-corrected chi connectivity index (χ0v) is 9.11. The van der Waals surface area contributed by atoms with Gasteiger partial charge in [-0.2, -0.15) is 0 Å². The van der Waals surface area contributed by atoms with Crippen LogP contribution in [0.25, 0.3) is 0 Å². The predicted octanol–water partition coefficient (Wildman–Crippen LogP) is 0.861. The molecule has 84 valence electrons. The lowest BCUT2D eigenvalue weighted by Gasteiger charge is -2.27. The molecule has 0 atom stereocenters. The highest BCUT2D eigenvalue weighted by molar-refractivity contribution is 6.03. The number of amides is 1. The molecule has 0 spiro atoms. The van der Waals surface area contributed by atoms with Crippen molar-refractivity contribution in [2.24, 2.45) is 0 Å². The Balaban J connectivity index is 2.41. The van der Waals surface area contributed by atoms with Crippen molar-refractivity contribution >= 4 is 23.3 Å². The van der Waals surface area contributed by atoms with E-state index >= 15 is 0 Å². The van der Waals surface area contributed by atoms with Crippen LogP contribution in [0.5, 0.6) is 0 Å². The molecular weight excluding hydrogens is 208 g/mol. The van der Waals surface area contributed by atoms with Gasteiger partial charge in [0.05, 0.1) is 30.6 Å². The molecule has 1 aromatic rings. The number of rotatable bonds is 1. The second-order valence-corrected chi connectivity index (χ2v) is 3.63. The summed E-state index contributed by atoms with van der Waals surface area (Å²) in [5.41, 5.74) is 1.96. The molecule has 16 heavy (non-hydrogen) atoms. The summed E-state index contributed by atoms with van der Waals surface area (Å²) in [4.78, 5) is 24.5. The number of anilines is 2. The number of nitrogens with one attached hydrogen (secondary N) is 1. The Kier molecular flexibility index (Phi) is 2.52. The number of carbonyl (C=O) groups excluding carboxylic acids is 2. The van der Waals surface area contributed by atoms with E-state index in [9.17, 15) is 9.59 Å². The first-order valence-corrected chi connectivity index (χ1v) is 4.85. The maximum absolute atomic E-state index is 11.3. The molecule has 2 rings (SSSR count). The number of hydrogen-bond donors (Lipinski definition) is 1. The Bertz CT molecular complexity index is 457. The Morgan fingerprint density at radius 1 is 1.50 bits per heavy atom. The van der Waals surface area contributed by atoms with Crippen LogP contribution in [0, 0.1) is 0 Å². The summed E-state index contributed by atoms with van der Waals surface area (Å²) in [7, 11) is 3.15. The minimum atomic E-state index is -0.412. The van der Waals surface area contributed by atoms with E-state index in [-0.39, 0.29) is 5.91 Å².